The lowest BCUT2D eigenvalue weighted by molar-refractivity contribution is 0.194. The molecule has 0 aliphatic carbocycles. The van der Waals surface area contributed by atoms with Crippen LogP contribution in [0.1, 0.15) is 16.7 Å². The van der Waals surface area contributed by atoms with E-state index in [2.05, 4.69) is 0 Å². The van der Waals surface area contributed by atoms with Crippen LogP contribution in [0.5, 0.6) is 0 Å². The van der Waals surface area contributed by atoms with Gasteiger partial charge in [0, 0.05) is 17.5 Å². The van der Waals surface area contributed by atoms with E-state index in [0.29, 0.717) is 0 Å². The van der Waals surface area contributed by atoms with Gasteiger partial charge in [0.1, 0.15) is 11.6 Å². The number of aryl methyl sites for hydroxylation is 1. The second kappa shape index (κ2) is 6.33. The van der Waals surface area contributed by atoms with Gasteiger partial charge in [-0.15, -0.1) is 0 Å². The first-order chi connectivity index (χ1) is 10.0. The van der Waals surface area contributed by atoms with Crippen molar-refractivity contribution in [3.05, 3.63) is 70.8 Å². The number of hydrogen-bond acceptors (Lipinski definition) is 2. The summed E-state index contributed by atoms with van der Waals surface area (Å²) in [5.74, 6) is -1.23. The number of rotatable bonds is 5. The number of hydrogen-bond donors (Lipinski definition) is 2. The van der Waals surface area contributed by atoms with E-state index in [-0.39, 0.29) is 25.1 Å². The monoisotopic (exact) mass is 291 g/mol. The first-order valence-corrected chi connectivity index (χ1v) is 6.83. The molecule has 3 N–H and O–H groups in total. The van der Waals surface area contributed by atoms with Gasteiger partial charge in [-0.2, -0.15) is 0 Å². The second-order valence-electron chi connectivity index (χ2n) is 5.39. The normalized spacial score (nSPS) is 14.0. The molecule has 4 heteroatoms. The Hall–Kier alpha value is -1.78. The zero-order valence-electron chi connectivity index (χ0n) is 11.9. The van der Waals surface area contributed by atoms with Gasteiger partial charge in [-0.1, -0.05) is 35.9 Å². The van der Waals surface area contributed by atoms with E-state index < -0.39 is 17.0 Å². The van der Waals surface area contributed by atoms with Crippen molar-refractivity contribution >= 4 is 0 Å². The highest BCUT2D eigenvalue weighted by Gasteiger charge is 2.32. The van der Waals surface area contributed by atoms with Gasteiger partial charge in [0.2, 0.25) is 0 Å². The summed E-state index contributed by atoms with van der Waals surface area (Å²) in [6, 6.07) is 11.2. The summed E-state index contributed by atoms with van der Waals surface area (Å²) in [4.78, 5) is 0. The molecule has 2 rings (SSSR count). The van der Waals surface area contributed by atoms with Crippen molar-refractivity contribution in [3.8, 4) is 0 Å². The Kier molecular flexibility index (Phi) is 4.70. The molecule has 0 aliphatic heterocycles. The van der Waals surface area contributed by atoms with E-state index in [1.807, 2.05) is 31.2 Å². The largest absolute Gasteiger partial charge is 0.395 e. The highest BCUT2D eigenvalue weighted by Crippen LogP contribution is 2.30. The van der Waals surface area contributed by atoms with Crippen LogP contribution in [0, 0.1) is 18.6 Å². The summed E-state index contributed by atoms with van der Waals surface area (Å²) < 4.78 is 27.7. The lowest BCUT2D eigenvalue weighted by Gasteiger charge is -2.31. The molecule has 1 atom stereocenters. The molecule has 0 spiro atoms. The summed E-state index contributed by atoms with van der Waals surface area (Å²) in [7, 11) is 0. The molecular formula is C17H19F2NO. The summed E-state index contributed by atoms with van der Waals surface area (Å²) in [5.41, 5.74) is 6.74. The average Bonchev–Trinajstić information content (AvgIpc) is 2.49. The molecule has 0 bridgehead atoms. The van der Waals surface area contributed by atoms with Crippen molar-refractivity contribution in [2.24, 2.45) is 5.73 Å². The van der Waals surface area contributed by atoms with E-state index in [4.69, 9.17) is 5.73 Å². The molecule has 0 aliphatic rings. The van der Waals surface area contributed by atoms with E-state index >= 15 is 0 Å². The van der Waals surface area contributed by atoms with Crippen molar-refractivity contribution < 1.29 is 13.9 Å². The molecule has 1 unspecified atom stereocenters. The Morgan fingerprint density at radius 3 is 2.10 bits per heavy atom. The van der Waals surface area contributed by atoms with Crippen LogP contribution < -0.4 is 5.73 Å². The minimum atomic E-state index is -0.892. The van der Waals surface area contributed by atoms with Crippen molar-refractivity contribution in [2.45, 2.75) is 18.8 Å². The van der Waals surface area contributed by atoms with Crippen LogP contribution in [0.3, 0.4) is 0 Å². The number of nitrogens with two attached hydrogens (primary N) is 1. The van der Waals surface area contributed by atoms with Crippen LogP contribution in [0.2, 0.25) is 0 Å². The topological polar surface area (TPSA) is 46.2 Å². The SMILES string of the molecule is Cc1ccc(C(CN)(CO)Cc2c(F)cccc2F)cc1. The molecule has 112 valence electrons. The van der Waals surface area contributed by atoms with Crippen LogP contribution in [0.15, 0.2) is 42.5 Å². The maximum Gasteiger partial charge on any atom is 0.129 e. The van der Waals surface area contributed by atoms with Crippen molar-refractivity contribution in [1.82, 2.24) is 0 Å². The average molecular weight is 291 g/mol. The minimum absolute atomic E-state index is 0.0154. The lowest BCUT2D eigenvalue weighted by atomic mass is 9.76. The Morgan fingerprint density at radius 2 is 1.62 bits per heavy atom. The third-order valence-electron chi connectivity index (χ3n) is 3.93. The molecule has 0 fully saturated rings. The van der Waals surface area contributed by atoms with Gasteiger partial charge >= 0.3 is 0 Å². The van der Waals surface area contributed by atoms with Gasteiger partial charge in [-0.25, -0.2) is 8.78 Å². The fraction of sp³-hybridized carbons (Fsp3) is 0.294. The Balaban J connectivity index is 2.45. The van der Waals surface area contributed by atoms with Gasteiger partial charge < -0.3 is 10.8 Å². The molecule has 2 aromatic rings. The molecular weight excluding hydrogens is 272 g/mol. The van der Waals surface area contributed by atoms with Crippen molar-refractivity contribution in [2.75, 3.05) is 13.2 Å². The molecule has 0 saturated heterocycles. The third-order valence-corrected chi connectivity index (χ3v) is 3.93. The molecule has 0 radical (unpaired) electrons. The molecule has 0 amide bonds. The summed E-state index contributed by atoms with van der Waals surface area (Å²) in [6.45, 7) is 1.77. The number of benzene rings is 2. The van der Waals surface area contributed by atoms with E-state index in [1.165, 1.54) is 18.2 Å². The lowest BCUT2D eigenvalue weighted by Crippen LogP contribution is -2.41. The van der Waals surface area contributed by atoms with E-state index in [9.17, 15) is 13.9 Å². The quantitative estimate of drug-likeness (QED) is 0.889. The van der Waals surface area contributed by atoms with Gasteiger partial charge in [0.05, 0.1) is 6.61 Å². The number of halogens is 2. The smallest absolute Gasteiger partial charge is 0.129 e. The standard InChI is InChI=1S/C17H19F2NO/c1-12-5-7-13(8-6-12)17(10-20,11-21)9-14-15(18)3-2-4-16(14)19/h2-8,21H,9-11,20H2,1H3. The Morgan fingerprint density at radius 1 is 1.05 bits per heavy atom. The summed E-state index contributed by atoms with van der Waals surface area (Å²) >= 11 is 0. The summed E-state index contributed by atoms with van der Waals surface area (Å²) in [5, 5.41) is 9.82. The molecule has 2 aromatic carbocycles. The van der Waals surface area contributed by atoms with Crippen molar-refractivity contribution in [3.63, 3.8) is 0 Å². The first kappa shape index (κ1) is 15.6. The van der Waals surface area contributed by atoms with Gasteiger partial charge in [-0.3, -0.25) is 0 Å². The van der Waals surface area contributed by atoms with Crippen LogP contribution in [0.25, 0.3) is 0 Å². The number of aliphatic hydroxyl groups is 1. The van der Waals surface area contributed by atoms with Crippen LogP contribution >= 0.6 is 0 Å². The Labute approximate surface area is 123 Å². The van der Waals surface area contributed by atoms with Crippen LogP contribution in [-0.2, 0) is 11.8 Å². The maximum atomic E-state index is 13.9. The van der Waals surface area contributed by atoms with Gasteiger partial charge in [0.25, 0.3) is 0 Å². The fourth-order valence-electron chi connectivity index (χ4n) is 2.45. The number of aliphatic hydroxyl groups excluding tert-OH is 1. The van der Waals surface area contributed by atoms with Crippen LogP contribution in [-0.4, -0.2) is 18.3 Å². The fourth-order valence-corrected chi connectivity index (χ4v) is 2.45. The summed E-state index contributed by atoms with van der Waals surface area (Å²) in [6.07, 6.45) is 0.0154. The van der Waals surface area contributed by atoms with Gasteiger partial charge in [0.15, 0.2) is 0 Å². The Bertz CT molecular complexity index is 586. The predicted molar refractivity (Wildman–Crippen MR) is 79.1 cm³/mol. The minimum Gasteiger partial charge on any atom is -0.395 e. The zero-order chi connectivity index (χ0) is 15.5. The zero-order valence-corrected chi connectivity index (χ0v) is 11.9. The second-order valence-corrected chi connectivity index (χ2v) is 5.39. The van der Waals surface area contributed by atoms with E-state index in [0.717, 1.165) is 11.1 Å². The molecule has 0 aromatic heterocycles. The molecule has 0 saturated carbocycles. The highest BCUT2D eigenvalue weighted by atomic mass is 19.1. The highest BCUT2D eigenvalue weighted by molar-refractivity contribution is 5.33. The van der Waals surface area contributed by atoms with E-state index in [1.54, 1.807) is 0 Å². The van der Waals surface area contributed by atoms with Gasteiger partial charge in [-0.05, 0) is 31.0 Å². The molecule has 0 heterocycles. The first-order valence-electron chi connectivity index (χ1n) is 6.83. The maximum absolute atomic E-state index is 13.9. The third kappa shape index (κ3) is 3.12. The molecule has 2 nitrogen and oxygen atoms in total. The van der Waals surface area contributed by atoms with Crippen LogP contribution in [0.4, 0.5) is 8.78 Å². The molecule has 21 heavy (non-hydrogen) atoms. The van der Waals surface area contributed by atoms with Crippen molar-refractivity contribution in [1.29, 1.82) is 0 Å². The predicted octanol–water partition coefficient (Wildman–Crippen LogP) is 2.70.